The van der Waals surface area contributed by atoms with Gasteiger partial charge < -0.3 is 4.74 Å². The van der Waals surface area contributed by atoms with Crippen molar-refractivity contribution in [2.75, 3.05) is 0 Å². The van der Waals surface area contributed by atoms with E-state index in [-0.39, 0.29) is 10.8 Å². The molecular formula is C55H46N4O+2. The normalized spacial score (nSPS) is 34.2. The summed E-state index contributed by atoms with van der Waals surface area (Å²) in [6.45, 7) is 0. The van der Waals surface area contributed by atoms with Crippen LogP contribution in [0.1, 0.15) is 99.3 Å². The third-order valence-electron chi connectivity index (χ3n) is 19.3. The second kappa shape index (κ2) is 9.39. The van der Waals surface area contributed by atoms with Gasteiger partial charge in [-0.15, -0.1) is 0 Å². The minimum Gasteiger partial charge on any atom is -0.456 e. The summed E-state index contributed by atoms with van der Waals surface area (Å²) < 4.78 is 18.4. The lowest BCUT2D eigenvalue weighted by molar-refractivity contribution is -0.934. The van der Waals surface area contributed by atoms with Crippen LogP contribution >= 0.6 is 0 Å². The van der Waals surface area contributed by atoms with Crippen LogP contribution in [0.15, 0.2) is 97.1 Å². The van der Waals surface area contributed by atoms with Crippen molar-refractivity contribution in [2.45, 2.75) is 93.5 Å². The average molecular weight is 779 g/mol. The number of aromatic nitrogens is 4. The summed E-state index contributed by atoms with van der Waals surface area (Å²) in [5.41, 5.74) is 13.8. The first-order valence-corrected chi connectivity index (χ1v) is 23.6. The van der Waals surface area contributed by atoms with E-state index >= 15 is 0 Å². The summed E-state index contributed by atoms with van der Waals surface area (Å²) in [6, 6.07) is 38.8. The van der Waals surface area contributed by atoms with Crippen LogP contribution in [-0.4, -0.2) is 9.13 Å². The molecule has 8 bridgehead atoms. The Kier molecular flexibility index (Phi) is 4.79. The van der Waals surface area contributed by atoms with Crippen molar-refractivity contribution in [3.05, 3.63) is 119 Å². The van der Waals surface area contributed by atoms with Gasteiger partial charge in [0.25, 0.3) is 11.6 Å². The molecule has 4 aromatic heterocycles. The van der Waals surface area contributed by atoms with E-state index in [4.69, 9.17) is 4.74 Å². The zero-order valence-electron chi connectivity index (χ0n) is 33.9. The van der Waals surface area contributed by atoms with Crippen molar-refractivity contribution < 1.29 is 13.9 Å². The van der Waals surface area contributed by atoms with Crippen LogP contribution in [0.5, 0.6) is 11.5 Å². The number of ether oxygens (including phenoxy) is 1. The highest BCUT2D eigenvalue weighted by Crippen LogP contribution is 2.65. The molecule has 5 nitrogen and oxygen atoms in total. The summed E-state index contributed by atoms with van der Waals surface area (Å²) in [6.07, 6.45) is 17.0. The molecule has 60 heavy (non-hydrogen) atoms. The lowest BCUT2D eigenvalue weighted by Gasteiger charge is -2.57. The lowest BCUT2D eigenvalue weighted by Crippen LogP contribution is -2.75. The van der Waals surface area contributed by atoms with Crippen LogP contribution in [0.2, 0.25) is 0 Å². The van der Waals surface area contributed by atoms with Crippen LogP contribution in [-0.2, 0) is 16.5 Å². The van der Waals surface area contributed by atoms with E-state index in [1.165, 1.54) is 155 Å². The van der Waals surface area contributed by atoms with Crippen molar-refractivity contribution in [3.63, 3.8) is 0 Å². The number of benzene rings is 4. The monoisotopic (exact) mass is 778 g/mol. The molecule has 0 N–H and O–H groups in total. The van der Waals surface area contributed by atoms with Gasteiger partial charge in [-0.1, -0.05) is 24.3 Å². The number of pyridine rings is 2. The Labute approximate surface area is 348 Å². The third-order valence-corrected chi connectivity index (χ3v) is 19.3. The molecule has 0 atom stereocenters. The van der Waals surface area contributed by atoms with Crippen molar-refractivity contribution in [3.8, 4) is 34.5 Å². The molecule has 4 aromatic carbocycles. The Morgan fingerprint density at radius 2 is 0.850 bits per heavy atom. The molecule has 20 rings (SSSR count). The fraction of sp³-hybridized carbons (Fsp3) is 0.382. The standard InChI is InChI=1S/C55H46N4O/c1-3-7-41-37(5-1)39-9-11-45-49-51(39)56(41)47-21-35(53-23-29-13-30(24-53)15-31(14-29)25-53)19-43-44-20-36(54-26-32-16-33(27-54)18-34(17-32)28-54)22-48-57-42-8-4-2-6-38(42)40-10-12-46(60-45)50(52(40)57)55(49,58(43)47)59(44)48/h1-12,19-22,29-34H,13-18,23-28H2/q+2. The molecule has 0 amide bonds. The quantitative estimate of drug-likeness (QED) is 0.161. The van der Waals surface area contributed by atoms with Gasteiger partial charge in [0, 0.05) is 33.7 Å². The molecule has 0 saturated heterocycles. The zero-order chi connectivity index (χ0) is 38.2. The molecule has 12 aliphatic rings. The largest absolute Gasteiger partial charge is 0.456 e. The first kappa shape index (κ1) is 30.6. The fourth-order valence-corrected chi connectivity index (χ4v) is 18.3. The molecule has 8 saturated carbocycles. The zero-order valence-corrected chi connectivity index (χ0v) is 33.9. The highest BCUT2D eigenvalue weighted by Gasteiger charge is 2.70. The summed E-state index contributed by atoms with van der Waals surface area (Å²) in [4.78, 5) is 0. The van der Waals surface area contributed by atoms with Crippen LogP contribution in [0.3, 0.4) is 0 Å². The van der Waals surface area contributed by atoms with E-state index in [1.54, 1.807) is 11.1 Å². The molecular weight excluding hydrogens is 733 g/mol. The van der Waals surface area contributed by atoms with E-state index < -0.39 is 5.66 Å². The van der Waals surface area contributed by atoms with Crippen LogP contribution in [0, 0.1) is 35.5 Å². The maximum Gasteiger partial charge on any atom is 0.323 e. The van der Waals surface area contributed by atoms with E-state index in [0.29, 0.717) is 0 Å². The maximum atomic E-state index is 7.27. The van der Waals surface area contributed by atoms with Gasteiger partial charge in [-0.3, -0.25) is 0 Å². The Balaban J connectivity index is 1.07. The topological polar surface area (TPSA) is 26.8 Å². The lowest BCUT2D eigenvalue weighted by atomic mass is 9.48. The number of fused-ring (bicyclic) bond motifs is 9. The van der Waals surface area contributed by atoms with Crippen molar-refractivity contribution in [2.24, 2.45) is 35.5 Å². The molecule has 8 aromatic rings. The molecule has 290 valence electrons. The molecule has 8 aliphatic carbocycles. The molecule has 8 fully saturated rings. The molecule has 8 heterocycles. The molecule has 0 unspecified atom stereocenters. The summed E-state index contributed by atoms with van der Waals surface area (Å²) >= 11 is 0. The van der Waals surface area contributed by atoms with Crippen molar-refractivity contribution in [1.82, 2.24) is 9.13 Å². The summed E-state index contributed by atoms with van der Waals surface area (Å²) in [5, 5.41) is 5.33. The van der Waals surface area contributed by atoms with E-state index in [9.17, 15) is 0 Å². The number of rotatable bonds is 2. The Bertz CT molecular complexity index is 3150. The van der Waals surface area contributed by atoms with Crippen LogP contribution in [0.4, 0.5) is 0 Å². The number of nitrogens with zero attached hydrogens (tertiary/aromatic N) is 4. The average Bonchev–Trinajstić information content (AvgIpc) is 3.88. The van der Waals surface area contributed by atoms with Crippen molar-refractivity contribution in [1.29, 1.82) is 0 Å². The Hall–Kier alpha value is -5.42. The third kappa shape index (κ3) is 3.10. The highest BCUT2D eigenvalue weighted by molar-refractivity contribution is 6.14. The van der Waals surface area contributed by atoms with Gasteiger partial charge in [-0.2, -0.15) is 18.3 Å². The second-order valence-electron chi connectivity index (χ2n) is 22.2. The number of hydrogen-bond acceptors (Lipinski definition) is 1. The Morgan fingerprint density at radius 1 is 0.450 bits per heavy atom. The van der Waals surface area contributed by atoms with E-state index in [2.05, 4.69) is 115 Å². The predicted molar refractivity (Wildman–Crippen MR) is 232 cm³/mol. The minimum atomic E-state index is -0.633. The summed E-state index contributed by atoms with van der Waals surface area (Å²) in [7, 11) is 0. The van der Waals surface area contributed by atoms with Gasteiger partial charge in [-0.25, -0.2) is 0 Å². The van der Waals surface area contributed by atoms with Gasteiger partial charge in [0.15, 0.2) is 22.4 Å². The van der Waals surface area contributed by atoms with Crippen LogP contribution in [0.25, 0.3) is 66.6 Å². The maximum absolute atomic E-state index is 7.27. The van der Waals surface area contributed by atoms with Gasteiger partial charge in [-0.05, 0) is 195 Å². The predicted octanol–water partition coefficient (Wildman–Crippen LogP) is 11.4. The first-order chi connectivity index (χ1) is 29.6. The van der Waals surface area contributed by atoms with Gasteiger partial charge in [0.2, 0.25) is 0 Å². The molecule has 0 radical (unpaired) electrons. The number of hydrogen-bond donors (Lipinski definition) is 0. The second-order valence-corrected chi connectivity index (χ2v) is 22.2. The number of para-hydroxylation sites is 2. The van der Waals surface area contributed by atoms with E-state index in [0.717, 1.165) is 47.0 Å². The molecule has 5 heteroatoms. The molecule has 1 spiro atoms. The fourth-order valence-electron chi connectivity index (χ4n) is 18.3. The van der Waals surface area contributed by atoms with Gasteiger partial charge >= 0.3 is 5.66 Å². The minimum absolute atomic E-state index is 0.258. The molecule has 4 aliphatic heterocycles. The first-order valence-electron chi connectivity index (χ1n) is 23.6. The Morgan fingerprint density at radius 3 is 1.27 bits per heavy atom. The SMILES string of the molecule is c1ccc2c(c1)c1ccc3c4c1n2-c1cc(C25CC6CC(CC(C6)C2)C5)cc2[n+]1C41c4c(ccc5c6ccccc6n(c45)-c4cc(C56CC7CC(CC(C7)C5)C6)cc-2[n+]41)O3. The van der Waals surface area contributed by atoms with E-state index in [1.807, 2.05) is 0 Å². The smallest absolute Gasteiger partial charge is 0.323 e. The highest BCUT2D eigenvalue weighted by atomic mass is 16.5. The van der Waals surface area contributed by atoms with Gasteiger partial charge in [0.05, 0.1) is 0 Å². The summed E-state index contributed by atoms with van der Waals surface area (Å²) in [5.74, 6) is 9.98. The van der Waals surface area contributed by atoms with Crippen molar-refractivity contribution >= 4 is 43.6 Å². The van der Waals surface area contributed by atoms with Crippen LogP contribution < -0.4 is 13.9 Å². The van der Waals surface area contributed by atoms with Gasteiger partial charge in [0.1, 0.15) is 33.7 Å².